The van der Waals surface area contributed by atoms with E-state index in [9.17, 15) is 4.79 Å². The van der Waals surface area contributed by atoms with Crippen LogP contribution in [0.4, 0.5) is 5.69 Å². The van der Waals surface area contributed by atoms with Gasteiger partial charge in [-0.05, 0) is 30.7 Å². The Kier molecular flexibility index (Phi) is 4.81. The SMILES string of the molecule is Cc1cccc(Cl)c1NC(=O)COc1ccccc1C#N. The number of rotatable bonds is 4. The van der Waals surface area contributed by atoms with Gasteiger partial charge in [-0.25, -0.2) is 0 Å². The first kappa shape index (κ1) is 14.9. The third-order valence-electron chi connectivity index (χ3n) is 2.85. The van der Waals surface area contributed by atoms with Gasteiger partial charge in [0.2, 0.25) is 0 Å². The van der Waals surface area contributed by atoms with E-state index in [0.29, 0.717) is 22.0 Å². The quantitative estimate of drug-likeness (QED) is 0.939. The lowest BCUT2D eigenvalue weighted by Gasteiger charge is -2.11. The predicted molar refractivity (Wildman–Crippen MR) is 81.5 cm³/mol. The molecule has 1 amide bonds. The largest absolute Gasteiger partial charge is 0.482 e. The summed E-state index contributed by atoms with van der Waals surface area (Å²) in [7, 11) is 0. The molecule has 0 unspecified atom stereocenters. The zero-order chi connectivity index (χ0) is 15.2. The van der Waals surface area contributed by atoms with Crippen LogP contribution in [0.15, 0.2) is 42.5 Å². The lowest BCUT2D eigenvalue weighted by molar-refractivity contribution is -0.118. The van der Waals surface area contributed by atoms with Crippen molar-refractivity contribution in [3.8, 4) is 11.8 Å². The normalized spacial score (nSPS) is 9.76. The summed E-state index contributed by atoms with van der Waals surface area (Å²) in [5, 5.41) is 12.1. The van der Waals surface area contributed by atoms with E-state index in [2.05, 4.69) is 5.32 Å². The number of para-hydroxylation sites is 2. The summed E-state index contributed by atoms with van der Waals surface area (Å²) in [6.45, 7) is 1.66. The summed E-state index contributed by atoms with van der Waals surface area (Å²) in [4.78, 5) is 11.9. The van der Waals surface area contributed by atoms with E-state index in [1.165, 1.54) is 0 Å². The average molecular weight is 301 g/mol. The van der Waals surface area contributed by atoms with Gasteiger partial charge in [0.05, 0.1) is 16.3 Å². The molecule has 0 saturated heterocycles. The van der Waals surface area contributed by atoms with Crippen molar-refractivity contribution in [2.45, 2.75) is 6.92 Å². The Labute approximate surface area is 127 Å². The highest BCUT2D eigenvalue weighted by Gasteiger charge is 2.10. The molecule has 0 radical (unpaired) electrons. The number of hydrogen-bond donors (Lipinski definition) is 1. The van der Waals surface area contributed by atoms with Gasteiger partial charge < -0.3 is 10.1 Å². The van der Waals surface area contributed by atoms with Crippen LogP contribution in [0.25, 0.3) is 0 Å². The number of carbonyl (C=O) groups excluding carboxylic acids is 1. The summed E-state index contributed by atoms with van der Waals surface area (Å²) in [6, 6.07) is 14.1. The molecule has 2 rings (SSSR count). The fourth-order valence-corrected chi connectivity index (χ4v) is 2.06. The molecule has 21 heavy (non-hydrogen) atoms. The van der Waals surface area contributed by atoms with Crippen LogP contribution in [0.2, 0.25) is 5.02 Å². The Morgan fingerprint density at radius 1 is 1.29 bits per heavy atom. The van der Waals surface area contributed by atoms with Crippen molar-refractivity contribution in [1.29, 1.82) is 5.26 Å². The third-order valence-corrected chi connectivity index (χ3v) is 3.17. The molecular formula is C16H13ClN2O2. The molecule has 0 aliphatic heterocycles. The lowest BCUT2D eigenvalue weighted by Crippen LogP contribution is -2.21. The molecule has 0 fully saturated rings. The van der Waals surface area contributed by atoms with Crippen molar-refractivity contribution in [2.24, 2.45) is 0 Å². The Morgan fingerprint density at radius 3 is 2.76 bits per heavy atom. The second-order valence-corrected chi connectivity index (χ2v) is 4.78. The highest BCUT2D eigenvalue weighted by molar-refractivity contribution is 6.33. The van der Waals surface area contributed by atoms with Crippen LogP contribution >= 0.6 is 11.6 Å². The van der Waals surface area contributed by atoms with Crippen molar-refractivity contribution in [2.75, 3.05) is 11.9 Å². The number of amides is 1. The molecule has 0 heterocycles. The van der Waals surface area contributed by atoms with Crippen molar-refractivity contribution >= 4 is 23.2 Å². The minimum atomic E-state index is -0.334. The molecule has 0 atom stereocenters. The predicted octanol–water partition coefficient (Wildman–Crippen LogP) is 3.54. The van der Waals surface area contributed by atoms with Crippen LogP contribution in [-0.4, -0.2) is 12.5 Å². The minimum Gasteiger partial charge on any atom is -0.482 e. The zero-order valence-electron chi connectivity index (χ0n) is 11.4. The van der Waals surface area contributed by atoms with Gasteiger partial charge in [-0.15, -0.1) is 0 Å². The van der Waals surface area contributed by atoms with Crippen molar-refractivity contribution in [1.82, 2.24) is 0 Å². The fraction of sp³-hybridized carbons (Fsp3) is 0.125. The lowest BCUT2D eigenvalue weighted by atomic mass is 10.2. The monoisotopic (exact) mass is 300 g/mol. The first-order valence-corrected chi connectivity index (χ1v) is 6.66. The number of ether oxygens (including phenoxy) is 1. The van der Waals surface area contributed by atoms with Crippen LogP contribution < -0.4 is 10.1 Å². The van der Waals surface area contributed by atoms with Gasteiger partial charge in [0.15, 0.2) is 6.61 Å². The second kappa shape index (κ2) is 6.78. The number of hydrogen-bond acceptors (Lipinski definition) is 3. The molecule has 5 heteroatoms. The van der Waals surface area contributed by atoms with Gasteiger partial charge in [0.25, 0.3) is 5.91 Å². The molecule has 0 saturated carbocycles. The number of halogens is 1. The first-order valence-electron chi connectivity index (χ1n) is 6.28. The van der Waals surface area contributed by atoms with E-state index >= 15 is 0 Å². The summed E-state index contributed by atoms with van der Waals surface area (Å²) in [5.74, 6) is 0.0463. The van der Waals surface area contributed by atoms with E-state index in [1.54, 1.807) is 30.3 Å². The number of nitrogens with zero attached hydrogens (tertiary/aromatic N) is 1. The Balaban J connectivity index is 2.02. The third kappa shape index (κ3) is 3.74. The van der Waals surface area contributed by atoms with Gasteiger partial charge in [0.1, 0.15) is 11.8 Å². The summed E-state index contributed by atoms with van der Waals surface area (Å²) in [5.41, 5.74) is 1.83. The molecule has 0 bridgehead atoms. The van der Waals surface area contributed by atoms with Crippen LogP contribution in [0, 0.1) is 18.3 Å². The molecule has 0 aliphatic carbocycles. The van der Waals surface area contributed by atoms with Gasteiger partial charge >= 0.3 is 0 Å². The maximum atomic E-state index is 11.9. The summed E-state index contributed by atoms with van der Waals surface area (Å²) in [6.07, 6.45) is 0. The van der Waals surface area contributed by atoms with E-state index in [-0.39, 0.29) is 12.5 Å². The molecule has 4 nitrogen and oxygen atoms in total. The summed E-state index contributed by atoms with van der Waals surface area (Å²) < 4.78 is 5.36. The highest BCUT2D eigenvalue weighted by atomic mass is 35.5. The van der Waals surface area contributed by atoms with Crippen molar-refractivity contribution in [3.05, 3.63) is 58.6 Å². The number of nitriles is 1. The number of aryl methyl sites for hydroxylation is 1. The number of anilines is 1. The number of benzene rings is 2. The molecule has 1 N–H and O–H groups in total. The van der Waals surface area contributed by atoms with Gasteiger partial charge in [-0.1, -0.05) is 35.9 Å². The highest BCUT2D eigenvalue weighted by Crippen LogP contribution is 2.25. The van der Waals surface area contributed by atoms with Crippen molar-refractivity contribution < 1.29 is 9.53 Å². The van der Waals surface area contributed by atoms with Gasteiger partial charge in [-0.3, -0.25) is 4.79 Å². The van der Waals surface area contributed by atoms with Crippen LogP contribution in [0.5, 0.6) is 5.75 Å². The summed E-state index contributed by atoms with van der Waals surface area (Å²) >= 11 is 6.04. The second-order valence-electron chi connectivity index (χ2n) is 4.38. The van der Waals surface area contributed by atoms with Gasteiger partial charge in [-0.2, -0.15) is 5.26 Å². The first-order chi connectivity index (χ1) is 10.1. The van der Waals surface area contributed by atoms with Gasteiger partial charge in [0, 0.05) is 0 Å². The van der Waals surface area contributed by atoms with Crippen molar-refractivity contribution in [3.63, 3.8) is 0 Å². The minimum absolute atomic E-state index is 0.191. The maximum absolute atomic E-state index is 11.9. The molecule has 0 aliphatic rings. The molecule has 0 aromatic heterocycles. The van der Waals surface area contributed by atoms with E-state index in [0.717, 1.165) is 5.56 Å². The van der Waals surface area contributed by atoms with Crippen LogP contribution in [0.3, 0.4) is 0 Å². The smallest absolute Gasteiger partial charge is 0.262 e. The van der Waals surface area contributed by atoms with E-state index in [1.807, 2.05) is 25.1 Å². The molecular weight excluding hydrogens is 288 g/mol. The van der Waals surface area contributed by atoms with Crippen LogP contribution in [0.1, 0.15) is 11.1 Å². The van der Waals surface area contributed by atoms with E-state index < -0.39 is 0 Å². The molecule has 2 aromatic carbocycles. The Hall–Kier alpha value is -2.51. The van der Waals surface area contributed by atoms with Crippen LogP contribution in [-0.2, 0) is 4.79 Å². The standard InChI is InChI=1S/C16H13ClN2O2/c1-11-5-4-7-13(17)16(11)19-15(20)10-21-14-8-3-2-6-12(14)9-18/h2-8H,10H2,1H3,(H,19,20). The number of carbonyl (C=O) groups is 1. The molecule has 2 aromatic rings. The number of nitrogens with one attached hydrogen (secondary N) is 1. The maximum Gasteiger partial charge on any atom is 0.262 e. The van der Waals surface area contributed by atoms with E-state index in [4.69, 9.17) is 21.6 Å². The topological polar surface area (TPSA) is 62.1 Å². The Morgan fingerprint density at radius 2 is 2.05 bits per heavy atom. The Bertz CT molecular complexity index is 687. The molecule has 106 valence electrons. The molecule has 0 spiro atoms. The zero-order valence-corrected chi connectivity index (χ0v) is 12.1. The fourth-order valence-electron chi connectivity index (χ4n) is 1.79. The average Bonchev–Trinajstić information content (AvgIpc) is 2.49.